The molecule has 0 aliphatic carbocycles. The Morgan fingerprint density at radius 2 is 2.06 bits per heavy atom. The van der Waals surface area contributed by atoms with Crippen molar-refractivity contribution in [3.05, 3.63) is 84.9 Å². The van der Waals surface area contributed by atoms with E-state index in [4.69, 9.17) is 5.73 Å². The van der Waals surface area contributed by atoms with Gasteiger partial charge in [0.05, 0.1) is 22.6 Å². The molecule has 32 heavy (non-hydrogen) atoms. The van der Waals surface area contributed by atoms with Gasteiger partial charge in [-0.05, 0) is 49.8 Å². The Morgan fingerprint density at radius 1 is 1.19 bits per heavy atom. The van der Waals surface area contributed by atoms with Crippen LogP contribution in [0.15, 0.2) is 73.6 Å². The summed E-state index contributed by atoms with van der Waals surface area (Å²) in [6.07, 6.45) is 12.8. The van der Waals surface area contributed by atoms with Crippen LogP contribution in [-0.4, -0.2) is 34.7 Å². The van der Waals surface area contributed by atoms with Gasteiger partial charge in [-0.3, -0.25) is 9.67 Å². The van der Waals surface area contributed by atoms with Crippen LogP contribution in [0.5, 0.6) is 0 Å². The fourth-order valence-corrected chi connectivity index (χ4v) is 3.75. The molecule has 8 nitrogen and oxygen atoms in total. The summed E-state index contributed by atoms with van der Waals surface area (Å²) < 4.78 is 1.93. The van der Waals surface area contributed by atoms with Crippen LogP contribution < -0.4 is 5.73 Å². The number of fused-ring (bicyclic) bond motifs is 2. The maximum absolute atomic E-state index is 5.95. The predicted octanol–water partition coefficient (Wildman–Crippen LogP) is 4.43. The van der Waals surface area contributed by atoms with Crippen molar-refractivity contribution < 1.29 is 0 Å². The molecular formula is C24H22N8. The fraction of sp³-hybridized carbons (Fsp3) is 0.0833. The van der Waals surface area contributed by atoms with Crippen molar-refractivity contribution >= 4 is 27.5 Å². The van der Waals surface area contributed by atoms with Crippen LogP contribution in [0.25, 0.3) is 44.7 Å². The first-order chi connectivity index (χ1) is 15.6. The Morgan fingerprint density at radius 3 is 2.81 bits per heavy atom. The van der Waals surface area contributed by atoms with Crippen LogP contribution in [-0.2, 0) is 0 Å². The largest absolute Gasteiger partial charge is 0.399 e. The Bertz CT molecular complexity index is 1530. The minimum absolute atomic E-state index is 0.594. The molecule has 5 heterocycles. The van der Waals surface area contributed by atoms with Gasteiger partial charge in [-0.1, -0.05) is 12.7 Å². The van der Waals surface area contributed by atoms with Gasteiger partial charge >= 0.3 is 0 Å². The molecule has 0 bridgehead atoms. The number of nitrogens with zero attached hydrogens (tertiary/aromatic N) is 5. The van der Waals surface area contributed by atoms with E-state index in [2.05, 4.69) is 48.8 Å². The Balaban J connectivity index is 1.64. The topological polar surface area (TPSA) is 114 Å². The van der Waals surface area contributed by atoms with Crippen LogP contribution in [0, 0.1) is 6.92 Å². The molecule has 0 aromatic carbocycles. The summed E-state index contributed by atoms with van der Waals surface area (Å²) in [7, 11) is 0. The second kappa shape index (κ2) is 7.66. The van der Waals surface area contributed by atoms with E-state index in [1.165, 1.54) is 0 Å². The molecule has 5 aromatic rings. The number of rotatable bonds is 5. The van der Waals surface area contributed by atoms with Gasteiger partial charge in [0.25, 0.3) is 0 Å². The third kappa shape index (κ3) is 3.27. The lowest BCUT2D eigenvalue weighted by atomic mass is 10.0. The van der Waals surface area contributed by atoms with Gasteiger partial charge in [-0.2, -0.15) is 5.10 Å². The summed E-state index contributed by atoms with van der Waals surface area (Å²) in [4.78, 5) is 16.9. The third-order valence-corrected chi connectivity index (χ3v) is 5.36. The highest BCUT2D eigenvalue weighted by molar-refractivity contribution is 5.97. The normalized spacial score (nSPS) is 12.7. The first-order valence-electron chi connectivity index (χ1n) is 10.2. The molecule has 8 heteroatoms. The van der Waals surface area contributed by atoms with E-state index < -0.39 is 0 Å². The monoisotopic (exact) mass is 422 g/mol. The quantitative estimate of drug-likeness (QED) is 0.363. The fourth-order valence-electron chi connectivity index (χ4n) is 3.75. The van der Waals surface area contributed by atoms with Gasteiger partial charge in [-0.25, -0.2) is 15.0 Å². The first-order valence-corrected chi connectivity index (χ1v) is 10.2. The van der Waals surface area contributed by atoms with E-state index in [0.717, 1.165) is 50.3 Å². The van der Waals surface area contributed by atoms with Crippen LogP contribution in [0.3, 0.4) is 0 Å². The lowest BCUT2D eigenvalue weighted by Gasteiger charge is -2.04. The molecule has 5 aromatic heterocycles. The Kier molecular flexibility index (Phi) is 4.67. The molecular weight excluding hydrogens is 400 g/mol. The van der Waals surface area contributed by atoms with E-state index in [-0.39, 0.29) is 0 Å². The van der Waals surface area contributed by atoms with E-state index in [0.29, 0.717) is 11.3 Å². The van der Waals surface area contributed by atoms with Crippen molar-refractivity contribution in [2.45, 2.75) is 13.8 Å². The van der Waals surface area contributed by atoms with Crippen molar-refractivity contribution in [3.63, 3.8) is 0 Å². The molecule has 5 rings (SSSR count). The molecule has 0 aliphatic heterocycles. The predicted molar refractivity (Wildman–Crippen MR) is 127 cm³/mol. The standard InChI is InChI=1S/C24H22N8/c1-4-15(8-17(25)5-2)16-9-19-22(30-31-23(19)27-11-16)21-10-18-20(29-21)6-7-26-24(18)32-12-14(3)28-13-32/h4-13,29H,2,25H2,1,3H3,(H,27,30,31)/b15-4+,17-8+. The second-order valence-electron chi connectivity index (χ2n) is 7.49. The number of aromatic amines is 2. The third-order valence-electron chi connectivity index (χ3n) is 5.36. The van der Waals surface area contributed by atoms with Gasteiger partial charge in [0.2, 0.25) is 0 Å². The molecule has 0 fully saturated rings. The molecule has 0 atom stereocenters. The average Bonchev–Trinajstić information content (AvgIpc) is 3.53. The maximum Gasteiger partial charge on any atom is 0.181 e. The Hall–Kier alpha value is -4.46. The number of hydrogen-bond donors (Lipinski definition) is 3. The van der Waals surface area contributed by atoms with Gasteiger partial charge in [0.15, 0.2) is 5.65 Å². The average molecular weight is 422 g/mol. The summed E-state index contributed by atoms with van der Waals surface area (Å²) in [5.41, 5.74) is 12.8. The molecule has 4 N–H and O–H groups in total. The summed E-state index contributed by atoms with van der Waals surface area (Å²) in [6, 6.07) is 6.08. The molecule has 0 spiro atoms. The second-order valence-corrected chi connectivity index (χ2v) is 7.49. The van der Waals surface area contributed by atoms with Crippen molar-refractivity contribution in [2.75, 3.05) is 0 Å². The smallest absolute Gasteiger partial charge is 0.181 e. The number of pyridine rings is 2. The zero-order valence-electron chi connectivity index (χ0n) is 17.8. The number of aryl methyl sites for hydroxylation is 1. The van der Waals surface area contributed by atoms with Crippen molar-refractivity contribution in [1.29, 1.82) is 0 Å². The lowest BCUT2D eigenvalue weighted by molar-refractivity contribution is 1.01. The van der Waals surface area contributed by atoms with Gasteiger partial charge in [-0.15, -0.1) is 0 Å². The highest BCUT2D eigenvalue weighted by Gasteiger charge is 2.15. The Labute approximate surface area is 184 Å². The van der Waals surface area contributed by atoms with Crippen LogP contribution in [0.1, 0.15) is 18.2 Å². The van der Waals surface area contributed by atoms with Gasteiger partial charge < -0.3 is 10.7 Å². The molecule has 0 aliphatic rings. The number of nitrogens with one attached hydrogen (secondary N) is 2. The zero-order valence-corrected chi connectivity index (χ0v) is 17.8. The minimum Gasteiger partial charge on any atom is -0.399 e. The highest BCUT2D eigenvalue weighted by Crippen LogP contribution is 2.31. The molecule has 0 amide bonds. The van der Waals surface area contributed by atoms with E-state index in [9.17, 15) is 0 Å². The van der Waals surface area contributed by atoms with Crippen LogP contribution >= 0.6 is 0 Å². The maximum atomic E-state index is 5.95. The minimum atomic E-state index is 0.594. The summed E-state index contributed by atoms with van der Waals surface area (Å²) in [5, 5.41) is 9.42. The van der Waals surface area contributed by atoms with Crippen LogP contribution in [0.4, 0.5) is 0 Å². The molecule has 158 valence electrons. The van der Waals surface area contributed by atoms with E-state index in [1.54, 1.807) is 24.8 Å². The van der Waals surface area contributed by atoms with Gasteiger partial charge in [0, 0.05) is 40.6 Å². The van der Waals surface area contributed by atoms with Crippen molar-refractivity contribution in [3.8, 4) is 17.2 Å². The summed E-state index contributed by atoms with van der Waals surface area (Å²) >= 11 is 0. The number of aromatic nitrogens is 7. The number of H-pyrrole nitrogens is 2. The number of hydrogen-bond acceptors (Lipinski definition) is 5. The van der Waals surface area contributed by atoms with Crippen LogP contribution in [0.2, 0.25) is 0 Å². The molecule has 0 unspecified atom stereocenters. The summed E-state index contributed by atoms with van der Waals surface area (Å²) in [6.45, 7) is 7.64. The number of imidazole rings is 1. The highest BCUT2D eigenvalue weighted by atomic mass is 15.2. The summed E-state index contributed by atoms with van der Waals surface area (Å²) in [5.74, 6) is 0.814. The number of allylic oxidation sites excluding steroid dienone is 4. The van der Waals surface area contributed by atoms with Gasteiger partial charge in [0.1, 0.15) is 12.1 Å². The lowest BCUT2D eigenvalue weighted by Crippen LogP contribution is -1.94. The molecule has 0 saturated heterocycles. The molecule has 0 radical (unpaired) electrons. The van der Waals surface area contributed by atoms with Crippen molar-refractivity contribution in [1.82, 2.24) is 34.7 Å². The number of nitrogens with two attached hydrogens (primary N) is 1. The SMILES string of the molecule is C=C/C(N)=C\C(=C/C)c1cnc2n[nH]c(-c3cc4c(-n5cnc(C)c5)nccc4[nH]3)c2c1. The molecule has 0 saturated carbocycles. The zero-order chi connectivity index (χ0) is 22.2. The van der Waals surface area contributed by atoms with E-state index >= 15 is 0 Å². The van der Waals surface area contributed by atoms with Crippen molar-refractivity contribution in [2.24, 2.45) is 5.73 Å². The van der Waals surface area contributed by atoms with E-state index in [1.807, 2.05) is 42.8 Å². The first kappa shape index (κ1) is 19.5.